The zero-order valence-electron chi connectivity index (χ0n) is 15.9. The molecule has 3 aromatic rings. The van der Waals surface area contributed by atoms with Crippen molar-refractivity contribution in [1.82, 2.24) is 9.97 Å². The molecule has 0 saturated heterocycles. The van der Waals surface area contributed by atoms with Gasteiger partial charge in [-0.2, -0.15) is 0 Å². The van der Waals surface area contributed by atoms with E-state index in [-0.39, 0.29) is 0 Å². The first-order valence-electron chi connectivity index (χ1n) is 8.67. The molecule has 7 heteroatoms. The number of primary amides is 1. The number of pyridine rings is 2. The van der Waals surface area contributed by atoms with Crippen LogP contribution in [0.2, 0.25) is 0 Å². The first-order chi connectivity index (χ1) is 13.4. The van der Waals surface area contributed by atoms with Gasteiger partial charge in [0.15, 0.2) is 0 Å². The van der Waals surface area contributed by atoms with E-state index in [2.05, 4.69) is 15.3 Å². The van der Waals surface area contributed by atoms with Crippen LogP contribution in [-0.4, -0.2) is 28.6 Å². The van der Waals surface area contributed by atoms with Crippen LogP contribution in [0.25, 0.3) is 11.3 Å². The van der Waals surface area contributed by atoms with Crippen LogP contribution in [0.1, 0.15) is 28.5 Å². The van der Waals surface area contributed by atoms with Crippen molar-refractivity contribution in [2.75, 3.05) is 12.4 Å². The van der Waals surface area contributed by atoms with Gasteiger partial charge in [0, 0.05) is 36.5 Å². The molecule has 142 valence electrons. The summed E-state index contributed by atoms with van der Waals surface area (Å²) >= 11 is 0. The van der Waals surface area contributed by atoms with E-state index in [9.17, 15) is 4.79 Å². The fourth-order valence-electron chi connectivity index (χ4n) is 2.86. The number of carbonyl (C=O) groups excluding carboxylic acids is 1. The lowest BCUT2D eigenvalue weighted by molar-refractivity contribution is 0.0999. The van der Waals surface area contributed by atoms with E-state index in [1.165, 1.54) is 0 Å². The van der Waals surface area contributed by atoms with E-state index in [0.29, 0.717) is 34.2 Å². The SMILES string of the molecule is CNc1cc(Oc2ccnc(-c3ccc(C(N)=O)c(C)c3)c2)cnc1C(C)=N. The molecule has 1 amide bonds. The van der Waals surface area contributed by atoms with Crippen molar-refractivity contribution in [2.24, 2.45) is 5.73 Å². The standard InChI is InChI=1S/C21H21N5O2/c1-12-8-14(4-5-17(12)21(23)27)18-9-15(6-7-25-18)28-16-10-19(24-3)20(13(2)22)26-11-16/h4-11,22,24H,1-3H3,(H2,23,27). The van der Waals surface area contributed by atoms with Gasteiger partial charge in [-0.25, -0.2) is 4.98 Å². The largest absolute Gasteiger partial charge is 0.456 e. The molecule has 0 radical (unpaired) electrons. The Morgan fingerprint density at radius 3 is 2.57 bits per heavy atom. The maximum Gasteiger partial charge on any atom is 0.248 e. The summed E-state index contributed by atoms with van der Waals surface area (Å²) in [6.07, 6.45) is 3.24. The molecular formula is C21H21N5O2. The first-order valence-corrected chi connectivity index (χ1v) is 8.67. The molecule has 4 N–H and O–H groups in total. The summed E-state index contributed by atoms with van der Waals surface area (Å²) in [5.74, 6) is 0.696. The van der Waals surface area contributed by atoms with Gasteiger partial charge in [0.05, 0.1) is 23.3 Å². The summed E-state index contributed by atoms with van der Waals surface area (Å²) in [4.78, 5) is 20.1. The van der Waals surface area contributed by atoms with Crippen LogP contribution in [-0.2, 0) is 0 Å². The van der Waals surface area contributed by atoms with Crippen molar-refractivity contribution >= 4 is 17.3 Å². The van der Waals surface area contributed by atoms with Crippen LogP contribution in [0.15, 0.2) is 48.8 Å². The molecule has 0 bridgehead atoms. The Labute approximate surface area is 163 Å². The fourth-order valence-corrected chi connectivity index (χ4v) is 2.86. The van der Waals surface area contributed by atoms with Crippen molar-refractivity contribution in [3.8, 4) is 22.8 Å². The van der Waals surface area contributed by atoms with Crippen molar-refractivity contribution in [2.45, 2.75) is 13.8 Å². The molecule has 0 atom stereocenters. The number of aromatic nitrogens is 2. The second-order valence-electron chi connectivity index (χ2n) is 6.31. The number of carbonyl (C=O) groups is 1. The minimum atomic E-state index is -0.453. The number of hydrogen-bond donors (Lipinski definition) is 3. The lowest BCUT2D eigenvalue weighted by Crippen LogP contribution is -2.12. The van der Waals surface area contributed by atoms with Crippen LogP contribution < -0.4 is 15.8 Å². The summed E-state index contributed by atoms with van der Waals surface area (Å²) in [5, 5.41) is 10.8. The van der Waals surface area contributed by atoms with Gasteiger partial charge >= 0.3 is 0 Å². The molecule has 0 fully saturated rings. The molecule has 0 unspecified atom stereocenters. The highest BCUT2D eigenvalue weighted by atomic mass is 16.5. The maximum atomic E-state index is 11.4. The Bertz CT molecular complexity index is 1060. The molecule has 3 rings (SSSR count). The molecule has 1 aromatic carbocycles. The normalized spacial score (nSPS) is 10.4. The third-order valence-electron chi connectivity index (χ3n) is 4.24. The maximum absolute atomic E-state index is 11.4. The van der Waals surface area contributed by atoms with Crippen LogP contribution in [0.4, 0.5) is 5.69 Å². The Hall–Kier alpha value is -3.74. The molecule has 0 aliphatic rings. The number of anilines is 1. The quantitative estimate of drug-likeness (QED) is 0.567. The monoisotopic (exact) mass is 375 g/mol. The highest BCUT2D eigenvalue weighted by molar-refractivity contribution is 5.99. The van der Waals surface area contributed by atoms with Gasteiger partial charge < -0.3 is 21.2 Å². The van der Waals surface area contributed by atoms with Crippen molar-refractivity contribution in [1.29, 1.82) is 5.41 Å². The highest BCUT2D eigenvalue weighted by Crippen LogP contribution is 2.28. The average Bonchev–Trinajstić information content (AvgIpc) is 2.67. The summed E-state index contributed by atoms with van der Waals surface area (Å²) in [5.41, 5.74) is 9.89. The lowest BCUT2D eigenvalue weighted by Gasteiger charge is -2.11. The molecule has 2 aromatic heterocycles. The van der Waals surface area contributed by atoms with Gasteiger partial charge in [-0.15, -0.1) is 0 Å². The molecule has 28 heavy (non-hydrogen) atoms. The molecule has 0 aliphatic heterocycles. The van der Waals surface area contributed by atoms with Crippen molar-refractivity contribution < 1.29 is 9.53 Å². The smallest absolute Gasteiger partial charge is 0.248 e. The lowest BCUT2D eigenvalue weighted by atomic mass is 10.0. The Morgan fingerprint density at radius 2 is 1.93 bits per heavy atom. The van der Waals surface area contributed by atoms with Crippen molar-refractivity contribution in [3.63, 3.8) is 0 Å². The third-order valence-corrected chi connectivity index (χ3v) is 4.24. The number of aryl methyl sites for hydroxylation is 1. The van der Waals surface area contributed by atoms with Gasteiger partial charge in [0.1, 0.15) is 17.2 Å². The Kier molecular flexibility index (Phi) is 5.35. The summed E-state index contributed by atoms with van der Waals surface area (Å²) < 4.78 is 5.92. The number of amides is 1. The minimum absolute atomic E-state index is 0.372. The molecule has 0 aliphatic carbocycles. The zero-order chi connectivity index (χ0) is 20.3. The summed E-state index contributed by atoms with van der Waals surface area (Å²) in [7, 11) is 1.77. The fraction of sp³-hybridized carbons (Fsp3) is 0.143. The van der Waals surface area contributed by atoms with Crippen LogP contribution in [0, 0.1) is 12.3 Å². The topological polar surface area (TPSA) is 114 Å². The summed E-state index contributed by atoms with van der Waals surface area (Å²) in [6, 6.07) is 10.7. The van der Waals surface area contributed by atoms with Crippen LogP contribution in [0.5, 0.6) is 11.5 Å². The molecular weight excluding hydrogens is 354 g/mol. The predicted octanol–water partition coefficient (Wildman–Crippen LogP) is 3.77. The zero-order valence-corrected chi connectivity index (χ0v) is 15.9. The number of nitrogens with one attached hydrogen (secondary N) is 2. The Morgan fingerprint density at radius 1 is 1.14 bits per heavy atom. The number of hydrogen-bond acceptors (Lipinski definition) is 6. The van der Waals surface area contributed by atoms with Gasteiger partial charge in [-0.1, -0.05) is 6.07 Å². The van der Waals surface area contributed by atoms with E-state index >= 15 is 0 Å². The Balaban J connectivity index is 1.89. The number of benzene rings is 1. The average molecular weight is 375 g/mol. The number of rotatable bonds is 6. The van der Waals surface area contributed by atoms with E-state index in [1.54, 1.807) is 44.6 Å². The van der Waals surface area contributed by atoms with Gasteiger partial charge in [-0.05, 0) is 37.6 Å². The second kappa shape index (κ2) is 7.87. The molecule has 0 spiro atoms. The summed E-state index contributed by atoms with van der Waals surface area (Å²) in [6.45, 7) is 3.52. The van der Waals surface area contributed by atoms with Crippen LogP contribution in [0.3, 0.4) is 0 Å². The molecule has 2 heterocycles. The van der Waals surface area contributed by atoms with E-state index in [0.717, 1.165) is 16.8 Å². The first kappa shape index (κ1) is 19.0. The minimum Gasteiger partial charge on any atom is -0.456 e. The van der Waals surface area contributed by atoms with Crippen molar-refractivity contribution in [3.05, 3.63) is 65.6 Å². The molecule has 7 nitrogen and oxygen atoms in total. The van der Waals surface area contributed by atoms with E-state index < -0.39 is 5.91 Å². The van der Waals surface area contributed by atoms with E-state index in [4.69, 9.17) is 15.9 Å². The number of nitrogens with two attached hydrogens (primary N) is 1. The van der Waals surface area contributed by atoms with Gasteiger partial charge in [0.25, 0.3) is 0 Å². The number of ether oxygens (including phenoxy) is 1. The second-order valence-corrected chi connectivity index (χ2v) is 6.31. The third kappa shape index (κ3) is 3.98. The van der Waals surface area contributed by atoms with Gasteiger partial charge in [-0.3, -0.25) is 9.78 Å². The predicted molar refractivity (Wildman–Crippen MR) is 109 cm³/mol. The number of nitrogens with zero attached hydrogens (tertiary/aromatic N) is 2. The molecule has 0 saturated carbocycles. The van der Waals surface area contributed by atoms with Gasteiger partial charge in [0.2, 0.25) is 5.91 Å². The van der Waals surface area contributed by atoms with Crippen LogP contribution >= 0.6 is 0 Å². The highest BCUT2D eigenvalue weighted by Gasteiger charge is 2.10. The van der Waals surface area contributed by atoms with E-state index in [1.807, 2.05) is 25.1 Å².